The molecule has 0 aliphatic heterocycles. The molecule has 0 radical (unpaired) electrons. The first-order chi connectivity index (χ1) is 7.65. The average molecular weight is 252 g/mol. The lowest BCUT2D eigenvalue weighted by molar-refractivity contribution is 0.0696. The number of hydrogen-bond acceptors (Lipinski definition) is 5. The zero-order valence-electron chi connectivity index (χ0n) is 8.38. The highest BCUT2D eigenvalue weighted by atomic mass is 32.2. The van der Waals surface area contributed by atoms with Crippen molar-refractivity contribution in [1.29, 1.82) is 0 Å². The average Bonchev–Trinajstić information content (AvgIpc) is 2.69. The lowest BCUT2D eigenvalue weighted by Gasteiger charge is -2.01. The molecule has 0 saturated heterocycles. The standard InChI is InChI=1S/C10H8N2O2S2/c1-6-4-7(9(13)14)5-8(12-6)16-10-11-2-3-15-10/h2-5H,1H3,(H,13,14). The van der Waals surface area contributed by atoms with Gasteiger partial charge in [0.25, 0.3) is 0 Å². The van der Waals surface area contributed by atoms with Crippen molar-refractivity contribution in [3.8, 4) is 0 Å². The first-order valence-corrected chi connectivity index (χ1v) is 6.14. The van der Waals surface area contributed by atoms with Crippen LogP contribution in [0.25, 0.3) is 0 Å². The molecule has 6 heteroatoms. The molecule has 0 aliphatic carbocycles. The highest BCUT2D eigenvalue weighted by molar-refractivity contribution is 8.01. The summed E-state index contributed by atoms with van der Waals surface area (Å²) in [5.74, 6) is -0.938. The van der Waals surface area contributed by atoms with Gasteiger partial charge in [-0.2, -0.15) is 0 Å². The zero-order valence-corrected chi connectivity index (χ0v) is 10.0. The third kappa shape index (κ3) is 2.59. The van der Waals surface area contributed by atoms with E-state index >= 15 is 0 Å². The lowest BCUT2D eigenvalue weighted by atomic mass is 10.2. The minimum Gasteiger partial charge on any atom is -0.478 e. The molecule has 16 heavy (non-hydrogen) atoms. The van der Waals surface area contributed by atoms with Crippen LogP contribution in [-0.4, -0.2) is 21.0 Å². The summed E-state index contributed by atoms with van der Waals surface area (Å²) in [7, 11) is 0. The Bertz CT molecular complexity index is 512. The Labute approximate surface area is 100 Å². The van der Waals surface area contributed by atoms with E-state index < -0.39 is 5.97 Å². The summed E-state index contributed by atoms with van der Waals surface area (Å²) in [5, 5.41) is 11.4. The van der Waals surface area contributed by atoms with Crippen LogP contribution in [0.2, 0.25) is 0 Å². The van der Waals surface area contributed by atoms with E-state index in [0.717, 1.165) is 4.34 Å². The van der Waals surface area contributed by atoms with Crippen LogP contribution < -0.4 is 0 Å². The largest absolute Gasteiger partial charge is 0.478 e. The number of carboxylic acid groups (broad SMARTS) is 1. The van der Waals surface area contributed by atoms with Crippen molar-refractivity contribution in [1.82, 2.24) is 9.97 Å². The molecule has 0 bridgehead atoms. The molecule has 1 N–H and O–H groups in total. The van der Waals surface area contributed by atoms with Gasteiger partial charge in [0.15, 0.2) is 4.34 Å². The molecule has 2 rings (SSSR count). The maximum Gasteiger partial charge on any atom is 0.335 e. The summed E-state index contributed by atoms with van der Waals surface area (Å²) in [6, 6.07) is 3.11. The van der Waals surface area contributed by atoms with Gasteiger partial charge in [-0.1, -0.05) is 0 Å². The van der Waals surface area contributed by atoms with E-state index in [4.69, 9.17) is 5.11 Å². The number of thiazole rings is 1. The van der Waals surface area contributed by atoms with Gasteiger partial charge in [0.2, 0.25) is 0 Å². The maximum atomic E-state index is 10.9. The molecule has 0 spiro atoms. The Morgan fingerprint density at radius 2 is 2.31 bits per heavy atom. The number of aryl methyl sites for hydroxylation is 1. The Kier molecular flexibility index (Phi) is 3.21. The highest BCUT2D eigenvalue weighted by Crippen LogP contribution is 2.28. The molecule has 0 aliphatic rings. The summed E-state index contributed by atoms with van der Waals surface area (Å²) in [4.78, 5) is 19.2. The van der Waals surface area contributed by atoms with Crippen LogP contribution in [0.4, 0.5) is 0 Å². The fraction of sp³-hybridized carbons (Fsp3) is 0.100. The molecule has 0 aromatic carbocycles. The number of rotatable bonds is 3. The van der Waals surface area contributed by atoms with Crippen LogP contribution in [-0.2, 0) is 0 Å². The summed E-state index contributed by atoms with van der Waals surface area (Å²) in [5.41, 5.74) is 0.950. The van der Waals surface area contributed by atoms with Gasteiger partial charge < -0.3 is 5.11 Å². The van der Waals surface area contributed by atoms with Gasteiger partial charge in [-0.05, 0) is 30.8 Å². The van der Waals surface area contributed by atoms with Crippen LogP contribution in [0.15, 0.2) is 33.1 Å². The highest BCUT2D eigenvalue weighted by Gasteiger charge is 2.08. The lowest BCUT2D eigenvalue weighted by Crippen LogP contribution is -1.98. The van der Waals surface area contributed by atoms with Gasteiger partial charge in [0, 0.05) is 17.3 Å². The van der Waals surface area contributed by atoms with Crippen molar-refractivity contribution in [2.45, 2.75) is 16.3 Å². The molecule has 0 atom stereocenters. The number of aromatic nitrogens is 2. The van der Waals surface area contributed by atoms with Crippen LogP contribution in [0.3, 0.4) is 0 Å². The molecule has 0 amide bonds. The number of aromatic carboxylic acids is 1. The molecule has 2 aromatic rings. The van der Waals surface area contributed by atoms with Crippen molar-refractivity contribution in [2.75, 3.05) is 0 Å². The Balaban J connectivity index is 2.31. The quantitative estimate of drug-likeness (QED) is 0.910. The molecular formula is C10H8N2O2S2. The number of carboxylic acids is 1. The van der Waals surface area contributed by atoms with Crippen molar-refractivity contribution in [2.24, 2.45) is 0 Å². The molecule has 0 fully saturated rings. The Morgan fingerprint density at radius 1 is 1.50 bits per heavy atom. The van der Waals surface area contributed by atoms with Gasteiger partial charge in [-0.15, -0.1) is 11.3 Å². The normalized spacial score (nSPS) is 10.3. The van der Waals surface area contributed by atoms with Gasteiger partial charge in [-0.25, -0.2) is 14.8 Å². The van der Waals surface area contributed by atoms with Crippen LogP contribution in [0, 0.1) is 6.92 Å². The second-order valence-corrected chi connectivity index (χ2v) is 5.20. The first-order valence-electron chi connectivity index (χ1n) is 4.44. The van der Waals surface area contributed by atoms with E-state index in [9.17, 15) is 4.79 Å². The summed E-state index contributed by atoms with van der Waals surface area (Å²) in [6.45, 7) is 1.78. The summed E-state index contributed by atoms with van der Waals surface area (Å²) >= 11 is 2.88. The van der Waals surface area contributed by atoms with Gasteiger partial charge >= 0.3 is 5.97 Å². The first kappa shape index (κ1) is 11.1. The molecule has 0 saturated carbocycles. The fourth-order valence-corrected chi connectivity index (χ4v) is 2.81. The number of hydrogen-bond donors (Lipinski definition) is 1. The molecule has 0 unspecified atom stereocenters. The van der Waals surface area contributed by atoms with Crippen LogP contribution in [0.1, 0.15) is 16.1 Å². The minimum absolute atomic E-state index is 0.256. The molecule has 4 nitrogen and oxygen atoms in total. The second kappa shape index (κ2) is 4.63. The maximum absolute atomic E-state index is 10.9. The van der Waals surface area contributed by atoms with E-state index in [0.29, 0.717) is 10.7 Å². The predicted octanol–water partition coefficient (Wildman–Crippen LogP) is 2.70. The van der Waals surface area contributed by atoms with Gasteiger partial charge in [0.05, 0.1) is 5.56 Å². The van der Waals surface area contributed by atoms with E-state index in [1.54, 1.807) is 25.3 Å². The number of pyridine rings is 1. The Morgan fingerprint density at radius 3 is 2.94 bits per heavy atom. The monoisotopic (exact) mass is 252 g/mol. The van der Waals surface area contributed by atoms with Crippen molar-refractivity contribution in [3.05, 3.63) is 35.0 Å². The van der Waals surface area contributed by atoms with Gasteiger partial charge in [0.1, 0.15) is 5.03 Å². The Hall–Kier alpha value is -1.40. The van der Waals surface area contributed by atoms with E-state index in [1.807, 2.05) is 5.38 Å². The predicted molar refractivity (Wildman–Crippen MR) is 62.2 cm³/mol. The summed E-state index contributed by atoms with van der Waals surface area (Å²) in [6.07, 6.45) is 1.71. The fourth-order valence-electron chi connectivity index (χ4n) is 1.16. The minimum atomic E-state index is -0.938. The molecular weight excluding hydrogens is 244 g/mol. The number of carbonyl (C=O) groups is 1. The SMILES string of the molecule is Cc1cc(C(=O)O)cc(Sc2nccs2)n1. The third-order valence-electron chi connectivity index (χ3n) is 1.78. The molecule has 2 aromatic heterocycles. The van der Waals surface area contributed by atoms with E-state index in [-0.39, 0.29) is 5.56 Å². The topological polar surface area (TPSA) is 63.1 Å². The zero-order chi connectivity index (χ0) is 11.5. The summed E-state index contributed by atoms with van der Waals surface area (Å²) < 4.78 is 0.856. The second-order valence-electron chi connectivity index (χ2n) is 3.04. The van der Waals surface area contributed by atoms with Crippen molar-refractivity contribution in [3.63, 3.8) is 0 Å². The molecule has 82 valence electrons. The van der Waals surface area contributed by atoms with Gasteiger partial charge in [-0.3, -0.25) is 0 Å². The van der Waals surface area contributed by atoms with E-state index in [1.165, 1.54) is 23.1 Å². The van der Waals surface area contributed by atoms with E-state index in [2.05, 4.69) is 9.97 Å². The number of nitrogens with zero attached hydrogens (tertiary/aromatic N) is 2. The van der Waals surface area contributed by atoms with Crippen molar-refractivity contribution >= 4 is 29.1 Å². The van der Waals surface area contributed by atoms with Crippen LogP contribution >= 0.6 is 23.1 Å². The molecule has 2 heterocycles. The van der Waals surface area contributed by atoms with Crippen molar-refractivity contribution < 1.29 is 9.90 Å². The smallest absolute Gasteiger partial charge is 0.335 e. The van der Waals surface area contributed by atoms with Crippen LogP contribution in [0.5, 0.6) is 0 Å². The third-order valence-corrected chi connectivity index (χ3v) is 3.58.